The number of alkyl halides is 3. The Morgan fingerprint density at radius 1 is 1.05 bits per heavy atom. The van der Waals surface area contributed by atoms with Crippen LogP contribution < -0.4 is 5.73 Å². The van der Waals surface area contributed by atoms with Gasteiger partial charge in [-0.2, -0.15) is 13.2 Å². The van der Waals surface area contributed by atoms with Crippen molar-refractivity contribution in [3.63, 3.8) is 0 Å². The van der Waals surface area contributed by atoms with Crippen molar-refractivity contribution in [3.05, 3.63) is 41.2 Å². The maximum atomic E-state index is 14.0. The number of benzene rings is 2. The summed E-state index contributed by atoms with van der Waals surface area (Å²) < 4.78 is 52.3. The van der Waals surface area contributed by atoms with Gasteiger partial charge in [0.1, 0.15) is 5.82 Å². The van der Waals surface area contributed by atoms with Crippen molar-refractivity contribution < 1.29 is 17.6 Å². The summed E-state index contributed by atoms with van der Waals surface area (Å²) >= 11 is 0. The highest BCUT2D eigenvalue weighted by Crippen LogP contribution is 2.37. The average Bonchev–Trinajstić information content (AvgIpc) is 2.29. The van der Waals surface area contributed by atoms with E-state index in [0.717, 1.165) is 6.07 Å². The van der Waals surface area contributed by atoms with Crippen LogP contribution >= 0.6 is 0 Å². The number of fused-ring (bicyclic) bond motifs is 1. The molecule has 0 spiro atoms. The van der Waals surface area contributed by atoms with Crippen LogP contribution in [0.2, 0.25) is 0 Å². The van der Waals surface area contributed by atoms with E-state index < -0.39 is 23.8 Å². The smallest absolute Gasteiger partial charge is 0.393 e. The van der Waals surface area contributed by atoms with Gasteiger partial charge >= 0.3 is 6.18 Å². The van der Waals surface area contributed by atoms with Crippen molar-refractivity contribution in [2.24, 2.45) is 0 Å². The lowest BCUT2D eigenvalue weighted by atomic mass is 9.81. The molecule has 2 rings (SSSR count). The third-order valence-corrected chi connectivity index (χ3v) is 3.38. The molecule has 2 aromatic carbocycles. The second-order valence-electron chi connectivity index (χ2n) is 6.23. The van der Waals surface area contributed by atoms with Gasteiger partial charge in [0.05, 0.1) is 6.42 Å². The van der Waals surface area contributed by atoms with E-state index in [0.29, 0.717) is 22.0 Å². The Balaban J connectivity index is 2.87. The van der Waals surface area contributed by atoms with Gasteiger partial charge in [-0.1, -0.05) is 26.8 Å². The molecule has 2 aromatic rings. The quantitative estimate of drug-likeness (QED) is 0.584. The summed E-state index contributed by atoms with van der Waals surface area (Å²) in [5.41, 5.74) is 6.14. The van der Waals surface area contributed by atoms with Gasteiger partial charge in [-0.15, -0.1) is 0 Å². The van der Waals surface area contributed by atoms with Crippen LogP contribution in [0.5, 0.6) is 0 Å². The molecule has 0 radical (unpaired) electrons. The maximum absolute atomic E-state index is 14.0. The zero-order valence-corrected chi connectivity index (χ0v) is 12.1. The molecule has 5 heteroatoms. The molecule has 0 saturated heterocycles. The predicted molar refractivity (Wildman–Crippen MR) is 76.8 cm³/mol. The van der Waals surface area contributed by atoms with Gasteiger partial charge in [0, 0.05) is 11.3 Å². The van der Waals surface area contributed by atoms with Crippen molar-refractivity contribution >= 4 is 16.5 Å². The molecular formula is C16H17F4N. The van der Waals surface area contributed by atoms with Crippen LogP contribution in [0.3, 0.4) is 0 Å². The highest BCUT2D eigenvalue weighted by molar-refractivity contribution is 5.92. The Hall–Kier alpha value is -1.78. The molecule has 0 amide bonds. The molecule has 0 fully saturated rings. The minimum absolute atomic E-state index is 0.314. The monoisotopic (exact) mass is 299 g/mol. The van der Waals surface area contributed by atoms with E-state index in [1.165, 1.54) is 6.07 Å². The maximum Gasteiger partial charge on any atom is 0.393 e. The third-order valence-electron chi connectivity index (χ3n) is 3.38. The molecule has 0 saturated carbocycles. The molecule has 1 nitrogen and oxygen atoms in total. The predicted octanol–water partition coefficient (Wildman–Crippen LogP) is 4.96. The van der Waals surface area contributed by atoms with E-state index in [1.807, 2.05) is 20.8 Å². The molecule has 0 aliphatic carbocycles. The molecule has 0 bridgehead atoms. The Morgan fingerprint density at radius 3 is 2.19 bits per heavy atom. The first-order chi connectivity index (χ1) is 9.49. The summed E-state index contributed by atoms with van der Waals surface area (Å²) in [6.45, 7) is 5.59. The second-order valence-corrected chi connectivity index (χ2v) is 6.23. The summed E-state index contributed by atoms with van der Waals surface area (Å²) in [7, 11) is 0. The van der Waals surface area contributed by atoms with Crippen molar-refractivity contribution in [2.45, 2.75) is 38.8 Å². The highest BCUT2D eigenvalue weighted by atomic mass is 19.4. The van der Waals surface area contributed by atoms with Gasteiger partial charge < -0.3 is 5.73 Å². The van der Waals surface area contributed by atoms with E-state index in [4.69, 9.17) is 5.73 Å². The van der Waals surface area contributed by atoms with E-state index >= 15 is 0 Å². The van der Waals surface area contributed by atoms with Crippen LogP contribution in [0.25, 0.3) is 10.8 Å². The fourth-order valence-corrected chi connectivity index (χ4v) is 2.50. The van der Waals surface area contributed by atoms with E-state index in [9.17, 15) is 17.6 Å². The molecule has 0 aliphatic heterocycles. The van der Waals surface area contributed by atoms with E-state index in [2.05, 4.69) is 0 Å². The summed E-state index contributed by atoms with van der Waals surface area (Å²) in [6.07, 6.45) is -5.76. The van der Waals surface area contributed by atoms with Crippen LogP contribution in [0, 0.1) is 5.82 Å². The van der Waals surface area contributed by atoms with Crippen molar-refractivity contribution in [1.29, 1.82) is 0 Å². The Labute approximate surface area is 120 Å². The number of halogens is 4. The Morgan fingerprint density at radius 2 is 1.67 bits per heavy atom. The van der Waals surface area contributed by atoms with E-state index in [-0.39, 0.29) is 5.56 Å². The first-order valence-electron chi connectivity index (χ1n) is 6.57. The van der Waals surface area contributed by atoms with E-state index in [1.54, 1.807) is 12.1 Å². The second kappa shape index (κ2) is 4.90. The molecule has 21 heavy (non-hydrogen) atoms. The lowest BCUT2D eigenvalue weighted by Crippen LogP contribution is -2.17. The fourth-order valence-electron chi connectivity index (χ4n) is 2.50. The average molecular weight is 299 g/mol. The number of nitrogen functional groups attached to an aromatic ring is 1. The number of anilines is 1. The SMILES string of the molecule is CC(C)(C)c1cc(N)cc2ccc(F)c(CC(F)(F)F)c12. The van der Waals surface area contributed by atoms with Gasteiger partial charge in [0.2, 0.25) is 0 Å². The van der Waals surface area contributed by atoms with Gasteiger partial charge in [0.15, 0.2) is 0 Å². The van der Waals surface area contributed by atoms with Gasteiger partial charge in [-0.25, -0.2) is 4.39 Å². The van der Waals surface area contributed by atoms with Crippen LogP contribution in [-0.2, 0) is 11.8 Å². The summed E-state index contributed by atoms with van der Waals surface area (Å²) in [4.78, 5) is 0. The summed E-state index contributed by atoms with van der Waals surface area (Å²) in [5.74, 6) is -0.838. The number of rotatable bonds is 1. The van der Waals surface area contributed by atoms with Crippen LogP contribution in [0.1, 0.15) is 31.9 Å². The Kier molecular flexibility index (Phi) is 3.64. The minimum atomic E-state index is -4.47. The molecule has 0 aromatic heterocycles. The lowest BCUT2D eigenvalue weighted by Gasteiger charge is -2.24. The first kappa shape index (κ1) is 15.6. The zero-order valence-electron chi connectivity index (χ0n) is 12.1. The lowest BCUT2D eigenvalue weighted by molar-refractivity contribution is -0.127. The van der Waals surface area contributed by atoms with Crippen LogP contribution in [0.4, 0.5) is 23.2 Å². The molecule has 0 heterocycles. The van der Waals surface area contributed by atoms with Crippen molar-refractivity contribution in [3.8, 4) is 0 Å². The standard InChI is InChI=1S/C16H17F4N/c1-15(2,3)12-7-10(21)6-9-4-5-13(17)11(14(9)12)8-16(18,19)20/h4-7H,8,21H2,1-3H3. The molecule has 2 N–H and O–H groups in total. The Bertz CT molecular complexity index is 681. The minimum Gasteiger partial charge on any atom is -0.399 e. The largest absolute Gasteiger partial charge is 0.399 e. The molecule has 0 aliphatic rings. The number of nitrogens with two attached hydrogens (primary N) is 1. The summed E-state index contributed by atoms with van der Waals surface area (Å²) in [5, 5.41) is 0.842. The van der Waals surface area contributed by atoms with Gasteiger partial charge in [0.25, 0.3) is 0 Å². The molecular weight excluding hydrogens is 282 g/mol. The van der Waals surface area contributed by atoms with Crippen molar-refractivity contribution in [2.75, 3.05) is 5.73 Å². The number of hydrogen-bond donors (Lipinski definition) is 1. The van der Waals surface area contributed by atoms with Crippen LogP contribution in [0.15, 0.2) is 24.3 Å². The van der Waals surface area contributed by atoms with Crippen molar-refractivity contribution in [1.82, 2.24) is 0 Å². The van der Waals surface area contributed by atoms with Gasteiger partial charge in [-0.05, 0) is 39.9 Å². The normalized spacial score (nSPS) is 12.9. The first-order valence-corrected chi connectivity index (χ1v) is 6.57. The zero-order chi connectivity index (χ0) is 16.0. The summed E-state index contributed by atoms with van der Waals surface area (Å²) in [6, 6.07) is 5.73. The van der Waals surface area contributed by atoms with Gasteiger partial charge in [-0.3, -0.25) is 0 Å². The molecule has 114 valence electrons. The van der Waals surface area contributed by atoms with Crippen LogP contribution in [-0.4, -0.2) is 6.18 Å². The number of hydrogen-bond acceptors (Lipinski definition) is 1. The third kappa shape index (κ3) is 3.28. The fraction of sp³-hybridized carbons (Fsp3) is 0.375. The topological polar surface area (TPSA) is 26.0 Å². The molecule has 0 atom stereocenters. The highest BCUT2D eigenvalue weighted by Gasteiger charge is 2.32. The molecule has 0 unspecified atom stereocenters.